The molecule has 0 saturated heterocycles. The third-order valence-electron chi connectivity index (χ3n) is 4.42. The molecule has 2 N–H and O–H groups in total. The van der Waals surface area contributed by atoms with Crippen LogP contribution in [0.5, 0.6) is 0 Å². The first-order valence-electron chi connectivity index (χ1n) is 8.51. The van der Waals surface area contributed by atoms with Crippen molar-refractivity contribution in [2.24, 2.45) is 12.0 Å². The van der Waals surface area contributed by atoms with Crippen LogP contribution in [-0.4, -0.2) is 48.0 Å². The second-order valence-corrected chi connectivity index (χ2v) is 7.34. The van der Waals surface area contributed by atoms with Crippen LogP contribution in [0.1, 0.15) is 37.8 Å². The van der Waals surface area contributed by atoms with E-state index in [1.54, 1.807) is 7.05 Å². The monoisotopic (exact) mass is 525 g/mol. The fourth-order valence-corrected chi connectivity index (χ4v) is 3.68. The van der Waals surface area contributed by atoms with Gasteiger partial charge in [-0.3, -0.25) is 9.79 Å². The second kappa shape index (κ2) is 11.1. The van der Waals surface area contributed by atoms with E-state index in [2.05, 4.69) is 42.2 Å². The summed E-state index contributed by atoms with van der Waals surface area (Å²) in [6.45, 7) is 0.969. The third-order valence-corrected chi connectivity index (χ3v) is 4.86. The van der Waals surface area contributed by atoms with Gasteiger partial charge in [0.25, 0.3) is 0 Å². The van der Waals surface area contributed by atoms with Gasteiger partial charge in [0.1, 0.15) is 0 Å². The molecule has 1 saturated carbocycles. The molecule has 0 aromatic carbocycles. The molecule has 1 aromatic heterocycles. The van der Waals surface area contributed by atoms with Crippen LogP contribution >= 0.6 is 39.9 Å². The minimum Gasteiger partial charge on any atom is -0.352 e. The third kappa shape index (κ3) is 7.16. The van der Waals surface area contributed by atoms with Gasteiger partial charge in [0, 0.05) is 43.5 Å². The van der Waals surface area contributed by atoms with Crippen LogP contribution in [0.3, 0.4) is 0 Å². The normalized spacial score (nSPS) is 15.4. The minimum absolute atomic E-state index is 0. The highest BCUT2D eigenvalue weighted by molar-refractivity contribution is 14.0. The van der Waals surface area contributed by atoms with Crippen molar-refractivity contribution < 1.29 is 4.79 Å². The van der Waals surface area contributed by atoms with Crippen LogP contribution < -0.4 is 10.6 Å². The highest BCUT2D eigenvalue weighted by Gasteiger charge is 2.16. The van der Waals surface area contributed by atoms with Gasteiger partial charge in [-0.2, -0.15) is 0 Å². The number of nitrogens with one attached hydrogen (secondary N) is 2. The first-order chi connectivity index (χ1) is 11.5. The Hall–Kier alpha value is -0.770. The molecule has 6 nitrogen and oxygen atoms in total. The van der Waals surface area contributed by atoms with Crippen LogP contribution in [0.25, 0.3) is 0 Å². The molecule has 1 aromatic rings. The quantitative estimate of drug-likeness (QED) is 0.353. The number of amides is 1. The van der Waals surface area contributed by atoms with Gasteiger partial charge in [-0.1, -0.05) is 19.3 Å². The number of aromatic nitrogens is 1. The maximum atomic E-state index is 12.1. The number of halogens is 2. The smallest absolute Gasteiger partial charge is 0.239 e. The zero-order valence-corrected chi connectivity index (χ0v) is 19.1. The van der Waals surface area contributed by atoms with E-state index in [9.17, 15) is 4.79 Å². The SMILES string of the molecule is CN=C(NCC(=O)NC1CCCCC1)N(C)Cc1cc(Br)cn1C.I. The maximum Gasteiger partial charge on any atom is 0.239 e. The number of carbonyl (C=O) groups is 1. The van der Waals surface area contributed by atoms with Crippen molar-refractivity contribution in [3.63, 3.8) is 0 Å². The Morgan fingerprint density at radius 2 is 2.08 bits per heavy atom. The maximum absolute atomic E-state index is 12.1. The van der Waals surface area contributed by atoms with Crippen molar-refractivity contribution in [1.82, 2.24) is 20.1 Å². The summed E-state index contributed by atoms with van der Waals surface area (Å²) in [5, 5.41) is 6.26. The molecular formula is C17H29BrIN5O. The van der Waals surface area contributed by atoms with Crippen molar-refractivity contribution in [2.45, 2.75) is 44.7 Å². The fourth-order valence-electron chi connectivity index (χ4n) is 3.11. The lowest BCUT2D eigenvalue weighted by atomic mass is 9.95. The molecule has 0 atom stereocenters. The summed E-state index contributed by atoms with van der Waals surface area (Å²) in [4.78, 5) is 18.4. The zero-order chi connectivity index (χ0) is 17.5. The Bertz CT molecular complexity index is 584. The number of hydrogen-bond donors (Lipinski definition) is 2. The number of guanidine groups is 1. The lowest BCUT2D eigenvalue weighted by Gasteiger charge is -2.24. The molecule has 8 heteroatoms. The highest BCUT2D eigenvalue weighted by atomic mass is 127. The van der Waals surface area contributed by atoms with Crippen LogP contribution in [0, 0.1) is 0 Å². The topological polar surface area (TPSA) is 61.7 Å². The minimum atomic E-state index is 0. The van der Waals surface area contributed by atoms with Crippen LogP contribution in [0.2, 0.25) is 0 Å². The Morgan fingerprint density at radius 1 is 1.40 bits per heavy atom. The van der Waals surface area contributed by atoms with Gasteiger partial charge < -0.3 is 20.1 Å². The van der Waals surface area contributed by atoms with Crippen molar-refractivity contribution in [2.75, 3.05) is 20.6 Å². The van der Waals surface area contributed by atoms with Crippen LogP contribution in [0.15, 0.2) is 21.7 Å². The lowest BCUT2D eigenvalue weighted by molar-refractivity contribution is -0.120. The Kier molecular flexibility index (Phi) is 9.84. The predicted octanol–water partition coefficient (Wildman–Crippen LogP) is 2.86. The van der Waals surface area contributed by atoms with E-state index >= 15 is 0 Å². The van der Waals surface area contributed by atoms with E-state index in [0.29, 0.717) is 18.5 Å². The van der Waals surface area contributed by atoms with Crippen molar-refractivity contribution in [3.8, 4) is 0 Å². The van der Waals surface area contributed by atoms with Gasteiger partial charge in [0.05, 0.1) is 13.1 Å². The molecule has 1 fully saturated rings. The number of nitrogens with zero attached hydrogens (tertiary/aromatic N) is 3. The van der Waals surface area contributed by atoms with E-state index in [1.165, 1.54) is 25.0 Å². The summed E-state index contributed by atoms with van der Waals surface area (Å²) in [5.41, 5.74) is 1.17. The molecule has 142 valence electrons. The average Bonchev–Trinajstić information content (AvgIpc) is 2.86. The largest absolute Gasteiger partial charge is 0.352 e. The first-order valence-corrected chi connectivity index (χ1v) is 9.30. The molecule has 0 radical (unpaired) electrons. The highest BCUT2D eigenvalue weighted by Crippen LogP contribution is 2.17. The van der Waals surface area contributed by atoms with E-state index in [1.807, 2.05) is 25.2 Å². The summed E-state index contributed by atoms with van der Waals surface area (Å²) in [6, 6.07) is 2.42. The average molecular weight is 526 g/mol. The van der Waals surface area contributed by atoms with Gasteiger partial charge >= 0.3 is 0 Å². The fraction of sp³-hybridized carbons (Fsp3) is 0.647. The van der Waals surface area contributed by atoms with Crippen molar-refractivity contribution >= 4 is 51.8 Å². The van der Waals surface area contributed by atoms with Crippen molar-refractivity contribution in [1.29, 1.82) is 0 Å². The summed E-state index contributed by atoms with van der Waals surface area (Å²) >= 11 is 3.49. The van der Waals surface area contributed by atoms with Crippen LogP contribution in [-0.2, 0) is 18.4 Å². The summed E-state index contributed by atoms with van der Waals surface area (Å²) in [7, 11) is 5.72. The van der Waals surface area contributed by atoms with Gasteiger partial charge in [0.15, 0.2) is 5.96 Å². The molecule has 1 aliphatic rings. The molecule has 0 spiro atoms. The summed E-state index contributed by atoms with van der Waals surface area (Å²) in [5.74, 6) is 0.754. The van der Waals surface area contributed by atoms with Crippen LogP contribution in [0.4, 0.5) is 0 Å². The Balaban J connectivity index is 0.00000312. The molecule has 0 aliphatic heterocycles. The standard InChI is InChI=1S/C17H28BrN5O.HI/c1-19-17(23(3)12-15-9-13(18)11-22(15)2)20-10-16(24)21-14-7-5-4-6-8-14;/h9,11,14H,4-8,10,12H2,1-3H3,(H,19,20)(H,21,24);1H. The number of hydrogen-bond acceptors (Lipinski definition) is 2. The zero-order valence-electron chi connectivity index (χ0n) is 15.2. The van der Waals surface area contributed by atoms with Crippen molar-refractivity contribution in [3.05, 3.63) is 22.4 Å². The van der Waals surface area contributed by atoms with Gasteiger partial charge in [-0.15, -0.1) is 24.0 Å². The molecule has 2 rings (SSSR count). The van der Waals surface area contributed by atoms with E-state index in [0.717, 1.165) is 17.3 Å². The Morgan fingerprint density at radius 3 is 2.64 bits per heavy atom. The number of carbonyl (C=O) groups excluding carboxylic acids is 1. The van der Waals surface area contributed by atoms with E-state index < -0.39 is 0 Å². The number of aliphatic imine (C=N–C) groups is 1. The predicted molar refractivity (Wildman–Crippen MR) is 116 cm³/mol. The molecular weight excluding hydrogens is 497 g/mol. The second-order valence-electron chi connectivity index (χ2n) is 6.42. The van der Waals surface area contributed by atoms with E-state index in [-0.39, 0.29) is 36.4 Å². The van der Waals surface area contributed by atoms with E-state index in [4.69, 9.17) is 0 Å². The van der Waals surface area contributed by atoms with Gasteiger partial charge in [-0.05, 0) is 34.8 Å². The summed E-state index contributed by atoms with van der Waals surface area (Å²) in [6.07, 6.45) is 7.95. The molecule has 0 unspecified atom stereocenters. The Labute approximate surface area is 176 Å². The molecule has 1 aliphatic carbocycles. The van der Waals surface area contributed by atoms with Gasteiger partial charge in [0.2, 0.25) is 5.91 Å². The lowest BCUT2D eigenvalue weighted by Crippen LogP contribution is -2.46. The molecule has 25 heavy (non-hydrogen) atoms. The summed E-state index contributed by atoms with van der Waals surface area (Å²) < 4.78 is 3.13. The first kappa shape index (κ1) is 22.3. The molecule has 1 heterocycles. The number of aryl methyl sites for hydroxylation is 1. The number of rotatable bonds is 5. The molecule has 0 bridgehead atoms. The molecule has 1 amide bonds. The van der Waals surface area contributed by atoms with Gasteiger partial charge in [-0.25, -0.2) is 0 Å².